The summed E-state index contributed by atoms with van der Waals surface area (Å²) in [5.74, 6) is 0.547. The minimum atomic E-state index is -0.389. The summed E-state index contributed by atoms with van der Waals surface area (Å²) in [4.78, 5) is 26.1. The minimum Gasteiger partial charge on any atom is -0.490 e. The third kappa shape index (κ3) is 6.11. The van der Waals surface area contributed by atoms with Crippen molar-refractivity contribution in [1.82, 2.24) is 4.90 Å². The summed E-state index contributed by atoms with van der Waals surface area (Å²) in [6.45, 7) is 2.95. The van der Waals surface area contributed by atoms with Gasteiger partial charge in [0.25, 0.3) is 5.91 Å². The van der Waals surface area contributed by atoms with Crippen LogP contribution in [0.2, 0.25) is 0 Å². The van der Waals surface area contributed by atoms with Crippen LogP contribution in [-0.4, -0.2) is 41.4 Å². The van der Waals surface area contributed by atoms with Crippen LogP contribution in [0.5, 0.6) is 11.5 Å². The van der Waals surface area contributed by atoms with Crippen LogP contribution in [-0.2, 0) is 20.9 Å². The van der Waals surface area contributed by atoms with Crippen LogP contribution >= 0.6 is 39.9 Å². The van der Waals surface area contributed by atoms with Gasteiger partial charge in [-0.15, -0.1) is 0 Å². The first-order valence-electron chi connectivity index (χ1n) is 9.88. The fourth-order valence-corrected chi connectivity index (χ4v) is 4.84. The van der Waals surface area contributed by atoms with Gasteiger partial charge in [0, 0.05) is 6.54 Å². The standard InChI is InChI=1S/C23H22BrNO5S2/c1-3-29-18-12-16(11-17(24)21(18)30-14-15-7-5-4-6-8-15)13-19-22(27)25(23(31)32-19)10-9-20(26)28-2/h4-8,11-13H,3,9-10,14H2,1-2H3/b19-13-. The first-order chi connectivity index (χ1) is 15.4. The lowest BCUT2D eigenvalue weighted by Gasteiger charge is -2.15. The quantitative estimate of drug-likeness (QED) is 0.248. The topological polar surface area (TPSA) is 65.1 Å². The van der Waals surface area contributed by atoms with E-state index in [1.807, 2.05) is 49.4 Å². The smallest absolute Gasteiger partial charge is 0.307 e. The molecule has 0 bridgehead atoms. The zero-order valence-electron chi connectivity index (χ0n) is 17.6. The van der Waals surface area contributed by atoms with E-state index in [0.29, 0.717) is 38.4 Å². The van der Waals surface area contributed by atoms with E-state index in [9.17, 15) is 9.59 Å². The van der Waals surface area contributed by atoms with Crippen LogP contribution in [0, 0.1) is 0 Å². The number of ether oxygens (including phenoxy) is 3. The first-order valence-corrected chi connectivity index (χ1v) is 11.9. The van der Waals surface area contributed by atoms with Gasteiger partial charge in [-0.1, -0.05) is 54.3 Å². The molecule has 0 atom stereocenters. The van der Waals surface area contributed by atoms with Crippen molar-refractivity contribution in [2.45, 2.75) is 20.0 Å². The molecule has 0 aromatic heterocycles. The largest absolute Gasteiger partial charge is 0.490 e. The van der Waals surface area contributed by atoms with E-state index in [4.69, 9.17) is 21.7 Å². The SMILES string of the molecule is CCOc1cc(/C=C2\SC(=S)N(CCC(=O)OC)C2=O)cc(Br)c1OCc1ccccc1. The van der Waals surface area contributed by atoms with E-state index in [-0.39, 0.29) is 24.8 Å². The van der Waals surface area contributed by atoms with Crippen molar-refractivity contribution in [3.63, 3.8) is 0 Å². The van der Waals surface area contributed by atoms with E-state index in [1.54, 1.807) is 6.08 Å². The Kier molecular flexibility index (Phi) is 8.72. The Morgan fingerprint density at radius 2 is 1.97 bits per heavy atom. The number of carbonyl (C=O) groups is 2. The second-order valence-corrected chi connectivity index (χ2v) is 9.23. The zero-order valence-corrected chi connectivity index (χ0v) is 20.8. The third-order valence-corrected chi connectivity index (χ3v) is 6.46. The van der Waals surface area contributed by atoms with Crippen molar-refractivity contribution in [3.05, 3.63) is 63.0 Å². The predicted molar refractivity (Wildman–Crippen MR) is 133 cm³/mol. The van der Waals surface area contributed by atoms with Gasteiger partial charge in [0.05, 0.1) is 29.5 Å². The number of carbonyl (C=O) groups excluding carboxylic acids is 2. The number of hydrogen-bond acceptors (Lipinski definition) is 7. The molecular weight excluding hydrogens is 514 g/mol. The van der Waals surface area contributed by atoms with Crippen molar-refractivity contribution in [2.75, 3.05) is 20.3 Å². The summed E-state index contributed by atoms with van der Waals surface area (Å²) in [7, 11) is 1.31. The number of thiocarbonyl (C=S) groups is 1. The van der Waals surface area contributed by atoms with Gasteiger partial charge >= 0.3 is 5.97 Å². The number of esters is 1. The number of nitrogens with zero attached hydrogens (tertiary/aromatic N) is 1. The van der Waals surface area contributed by atoms with E-state index >= 15 is 0 Å². The molecule has 0 radical (unpaired) electrons. The highest BCUT2D eigenvalue weighted by molar-refractivity contribution is 9.10. The third-order valence-electron chi connectivity index (χ3n) is 4.50. The molecule has 1 saturated heterocycles. The molecule has 1 fully saturated rings. The van der Waals surface area contributed by atoms with Gasteiger partial charge in [-0.05, 0) is 52.2 Å². The molecule has 3 rings (SSSR count). The summed E-state index contributed by atoms with van der Waals surface area (Å²) >= 11 is 10.1. The number of rotatable bonds is 9. The van der Waals surface area contributed by atoms with Gasteiger partial charge in [-0.2, -0.15) is 0 Å². The lowest BCUT2D eigenvalue weighted by atomic mass is 10.1. The molecule has 2 aromatic rings. The Bertz CT molecular complexity index is 1040. The average molecular weight is 536 g/mol. The highest BCUT2D eigenvalue weighted by Crippen LogP contribution is 2.39. The molecule has 168 valence electrons. The Balaban J connectivity index is 1.80. The maximum Gasteiger partial charge on any atom is 0.307 e. The van der Waals surface area contributed by atoms with Crippen molar-refractivity contribution in [3.8, 4) is 11.5 Å². The number of methoxy groups -OCH3 is 1. The van der Waals surface area contributed by atoms with Crippen LogP contribution in [0.4, 0.5) is 0 Å². The molecule has 1 heterocycles. The molecule has 32 heavy (non-hydrogen) atoms. The Labute approximate surface area is 205 Å². The Morgan fingerprint density at radius 3 is 2.66 bits per heavy atom. The van der Waals surface area contributed by atoms with E-state index in [2.05, 4.69) is 20.7 Å². The van der Waals surface area contributed by atoms with Crippen molar-refractivity contribution in [1.29, 1.82) is 0 Å². The molecule has 1 amide bonds. The van der Waals surface area contributed by atoms with Crippen LogP contribution in [0.3, 0.4) is 0 Å². The summed E-state index contributed by atoms with van der Waals surface area (Å²) in [6.07, 6.45) is 1.84. The van der Waals surface area contributed by atoms with E-state index in [1.165, 1.54) is 23.8 Å². The van der Waals surface area contributed by atoms with Gasteiger partial charge in [0.2, 0.25) is 0 Å². The van der Waals surface area contributed by atoms with E-state index in [0.717, 1.165) is 11.1 Å². The zero-order chi connectivity index (χ0) is 23.1. The fourth-order valence-electron chi connectivity index (χ4n) is 2.95. The summed E-state index contributed by atoms with van der Waals surface area (Å²) in [5, 5.41) is 0. The van der Waals surface area contributed by atoms with Gasteiger partial charge < -0.3 is 14.2 Å². The van der Waals surface area contributed by atoms with E-state index < -0.39 is 0 Å². The minimum absolute atomic E-state index is 0.0870. The maximum atomic E-state index is 12.8. The monoisotopic (exact) mass is 535 g/mol. The maximum absolute atomic E-state index is 12.8. The van der Waals surface area contributed by atoms with Crippen LogP contribution in [0.25, 0.3) is 6.08 Å². The second-order valence-electron chi connectivity index (χ2n) is 6.70. The predicted octanol–water partition coefficient (Wildman–Crippen LogP) is 5.19. The summed E-state index contributed by atoms with van der Waals surface area (Å²) < 4.78 is 17.6. The first kappa shape index (κ1) is 24.3. The molecule has 1 aliphatic heterocycles. The fraction of sp³-hybridized carbons (Fsp3) is 0.261. The molecule has 2 aromatic carbocycles. The lowest BCUT2D eigenvalue weighted by Crippen LogP contribution is -2.30. The lowest BCUT2D eigenvalue weighted by molar-refractivity contribution is -0.140. The molecule has 0 spiro atoms. The molecule has 0 saturated carbocycles. The molecule has 9 heteroatoms. The van der Waals surface area contributed by atoms with Crippen LogP contribution < -0.4 is 9.47 Å². The van der Waals surface area contributed by atoms with Gasteiger partial charge in [0.1, 0.15) is 10.9 Å². The van der Waals surface area contributed by atoms with Gasteiger partial charge in [-0.3, -0.25) is 14.5 Å². The Morgan fingerprint density at radius 1 is 1.22 bits per heavy atom. The number of thioether (sulfide) groups is 1. The van der Waals surface area contributed by atoms with Gasteiger partial charge in [0.15, 0.2) is 11.5 Å². The van der Waals surface area contributed by atoms with Crippen LogP contribution in [0.15, 0.2) is 51.8 Å². The van der Waals surface area contributed by atoms with Crippen molar-refractivity contribution in [2.24, 2.45) is 0 Å². The highest BCUT2D eigenvalue weighted by Gasteiger charge is 2.32. The normalized spacial score (nSPS) is 14.7. The molecule has 0 unspecified atom stereocenters. The average Bonchev–Trinajstić information content (AvgIpc) is 3.04. The number of hydrogen-bond donors (Lipinski definition) is 0. The molecule has 0 aliphatic carbocycles. The van der Waals surface area contributed by atoms with Crippen LogP contribution in [0.1, 0.15) is 24.5 Å². The Hall–Kier alpha value is -2.36. The number of amides is 1. The number of benzene rings is 2. The second kappa shape index (κ2) is 11.5. The highest BCUT2D eigenvalue weighted by atomic mass is 79.9. The van der Waals surface area contributed by atoms with Crippen molar-refractivity contribution >= 4 is 62.2 Å². The summed E-state index contributed by atoms with van der Waals surface area (Å²) in [6, 6.07) is 13.6. The molecule has 0 N–H and O–H groups in total. The number of halogens is 1. The summed E-state index contributed by atoms with van der Waals surface area (Å²) in [5.41, 5.74) is 1.81. The van der Waals surface area contributed by atoms with Gasteiger partial charge in [-0.25, -0.2) is 0 Å². The molecule has 1 aliphatic rings. The molecular formula is C23H22BrNO5S2. The molecule has 6 nitrogen and oxygen atoms in total. The van der Waals surface area contributed by atoms with Crippen molar-refractivity contribution < 1.29 is 23.8 Å².